The second kappa shape index (κ2) is 10.1. The van der Waals surface area contributed by atoms with Gasteiger partial charge in [-0.25, -0.2) is 0 Å². The number of carbonyl (C=O) groups excluding carboxylic acids is 2. The predicted octanol–water partition coefficient (Wildman–Crippen LogP) is 1.88. The molecule has 5 nitrogen and oxygen atoms in total. The van der Waals surface area contributed by atoms with Crippen LogP contribution in [0.25, 0.3) is 0 Å². The highest BCUT2D eigenvalue weighted by molar-refractivity contribution is 6.30. The fourth-order valence-electron chi connectivity index (χ4n) is 1.77. The number of alkyl halides is 1. The Hall–Kier alpha value is -1.75. The molecule has 1 unspecified atom stereocenters. The number of carbonyl (C=O) groups is 2. The molecule has 1 aromatic carbocycles. The molecule has 2 N–H and O–H groups in total. The average molecular weight is 327 g/mol. The third-order valence-corrected chi connectivity index (χ3v) is 3.14. The van der Waals surface area contributed by atoms with Crippen LogP contribution in [0.2, 0.25) is 0 Å². The van der Waals surface area contributed by atoms with Gasteiger partial charge in [0.25, 0.3) is 5.91 Å². The number of nitrogens with one attached hydrogen (secondary N) is 2. The summed E-state index contributed by atoms with van der Waals surface area (Å²) in [7, 11) is 0. The lowest BCUT2D eigenvalue weighted by atomic mass is 10.1. The Morgan fingerprint density at radius 2 is 1.82 bits per heavy atom. The SMILES string of the molecule is CCCc1ccc(OCC(=O)NCCNC(=O)C(C)Cl)cc1. The van der Waals surface area contributed by atoms with E-state index in [1.165, 1.54) is 5.56 Å². The van der Waals surface area contributed by atoms with Crippen molar-refractivity contribution < 1.29 is 14.3 Å². The monoisotopic (exact) mass is 326 g/mol. The standard InChI is InChI=1S/C16H23ClN2O3/c1-3-4-13-5-7-14(8-6-13)22-11-15(20)18-9-10-19-16(21)12(2)17/h5-8,12H,3-4,9-11H2,1-2H3,(H,18,20)(H,19,21). The first-order valence-corrected chi connectivity index (χ1v) is 7.86. The van der Waals surface area contributed by atoms with Crippen molar-refractivity contribution in [3.63, 3.8) is 0 Å². The van der Waals surface area contributed by atoms with Crippen LogP contribution in [-0.2, 0) is 16.0 Å². The summed E-state index contributed by atoms with van der Waals surface area (Å²) in [5.41, 5.74) is 1.25. The molecule has 0 saturated carbocycles. The third kappa shape index (κ3) is 7.31. The van der Waals surface area contributed by atoms with Crippen LogP contribution in [0.4, 0.5) is 0 Å². The number of ether oxygens (including phenoxy) is 1. The summed E-state index contributed by atoms with van der Waals surface area (Å²) in [5, 5.41) is 4.69. The zero-order valence-corrected chi connectivity index (χ0v) is 13.8. The van der Waals surface area contributed by atoms with Gasteiger partial charge in [-0.05, 0) is 31.0 Å². The van der Waals surface area contributed by atoms with Crippen molar-refractivity contribution in [3.05, 3.63) is 29.8 Å². The molecule has 22 heavy (non-hydrogen) atoms. The van der Waals surface area contributed by atoms with Crippen molar-refractivity contribution in [2.75, 3.05) is 19.7 Å². The topological polar surface area (TPSA) is 67.4 Å². The van der Waals surface area contributed by atoms with Gasteiger partial charge in [-0.1, -0.05) is 25.5 Å². The molecular formula is C16H23ClN2O3. The van der Waals surface area contributed by atoms with E-state index < -0.39 is 5.38 Å². The lowest BCUT2D eigenvalue weighted by Crippen LogP contribution is -2.38. The lowest BCUT2D eigenvalue weighted by Gasteiger charge is -2.09. The van der Waals surface area contributed by atoms with Crippen LogP contribution in [0.15, 0.2) is 24.3 Å². The Bertz CT molecular complexity index is 475. The van der Waals surface area contributed by atoms with Crippen LogP contribution in [0, 0.1) is 0 Å². The van der Waals surface area contributed by atoms with E-state index in [0.717, 1.165) is 12.8 Å². The number of rotatable bonds is 9. The highest BCUT2D eigenvalue weighted by Gasteiger charge is 2.08. The zero-order chi connectivity index (χ0) is 16.4. The van der Waals surface area contributed by atoms with Crippen molar-refractivity contribution in [2.24, 2.45) is 0 Å². The van der Waals surface area contributed by atoms with Crippen molar-refractivity contribution in [1.82, 2.24) is 10.6 Å². The average Bonchev–Trinajstić information content (AvgIpc) is 2.50. The van der Waals surface area contributed by atoms with Gasteiger partial charge < -0.3 is 15.4 Å². The Kier molecular flexibility index (Phi) is 8.36. The lowest BCUT2D eigenvalue weighted by molar-refractivity contribution is -0.124. The molecule has 1 aromatic rings. The quantitative estimate of drug-likeness (QED) is 0.538. The number of aryl methyl sites for hydroxylation is 1. The fraction of sp³-hybridized carbons (Fsp3) is 0.500. The highest BCUT2D eigenvalue weighted by atomic mass is 35.5. The van der Waals surface area contributed by atoms with E-state index in [2.05, 4.69) is 17.6 Å². The summed E-state index contributed by atoms with van der Waals surface area (Å²) in [6.07, 6.45) is 2.13. The van der Waals surface area contributed by atoms with Crippen molar-refractivity contribution >= 4 is 23.4 Å². The van der Waals surface area contributed by atoms with E-state index in [1.807, 2.05) is 24.3 Å². The molecule has 0 aromatic heterocycles. The number of halogens is 1. The van der Waals surface area contributed by atoms with E-state index in [9.17, 15) is 9.59 Å². The molecule has 1 atom stereocenters. The molecule has 0 aliphatic heterocycles. The molecule has 0 heterocycles. The first-order valence-electron chi connectivity index (χ1n) is 7.43. The Labute approximate surface area is 136 Å². The Morgan fingerprint density at radius 1 is 1.18 bits per heavy atom. The predicted molar refractivity (Wildman–Crippen MR) is 87.3 cm³/mol. The minimum atomic E-state index is -0.574. The van der Waals surface area contributed by atoms with Crippen LogP contribution in [-0.4, -0.2) is 36.9 Å². The minimum absolute atomic E-state index is 0.0486. The van der Waals surface area contributed by atoms with Crippen LogP contribution in [0.5, 0.6) is 5.75 Å². The van der Waals surface area contributed by atoms with E-state index in [1.54, 1.807) is 6.92 Å². The summed E-state index contributed by atoms with van der Waals surface area (Å²) in [5.74, 6) is 0.185. The smallest absolute Gasteiger partial charge is 0.258 e. The molecule has 122 valence electrons. The molecule has 0 spiro atoms. The third-order valence-electron chi connectivity index (χ3n) is 2.94. The highest BCUT2D eigenvalue weighted by Crippen LogP contribution is 2.13. The second-order valence-electron chi connectivity index (χ2n) is 4.94. The van der Waals surface area contributed by atoms with Gasteiger partial charge in [-0.2, -0.15) is 0 Å². The minimum Gasteiger partial charge on any atom is -0.484 e. The summed E-state index contributed by atoms with van der Waals surface area (Å²) in [6, 6.07) is 7.72. The maximum atomic E-state index is 11.6. The summed E-state index contributed by atoms with van der Waals surface area (Å²) < 4.78 is 5.40. The van der Waals surface area contributed by atoms with Crippen LogP contribution >= 0.6 is 11.6 Å². The van der Waals surface area contributed by atoms with E-state index in [4.69, 9.17) is 16.3 Å². The molecule has 1 rings (SSSR count). The largest absolute Gasteiger partial charge is 0.484 e. The van der Waals surface area contributed by atoms with Gasteiger partial charge in [0.05, 0.1) is 0 Å². The van der Waals surface area contributed by atoms with Crippen molar-refractivity contribution in [3.8, 4) is 5.75 Å². The number of amides is 2. The van der Waals surface area contributed by atoms with Crippen LogP contribution in [0.1, 0.15) is 25.8 Å². The van der Waals surface area contributed by atoms with Gasteiger partial charge in [0, 0.05) is 13.1 Å². The molecule has 2 amide bonds. The molecule has 0 radical (unpaired) electrons. The summed E-state index contributed by atoms with van der Waals surface area (Å²) in [4.78, 5) is 22.8. The molecule has 6 heteroatoms. The van der Waals surface area contributed by atoms with Gasteiger partial charge in [0.15, 0.2) is 6.61 Å². The van der Waals surface area contributed by atoms with E-state index >= 15 is 0 Å². The van der Waals surface area contributed by atoms with E-state index in [-0.39, 0.29) is 18.4 Å². The van der Waals surface area contributed by atoms with E-state index in [0.29, 0.717) is 18.8 Å². The normalized spacial score (nSPS) is 11.6. The molecule has 0 aliphatic rings. The van der Waals surface area contributed by atoms with Crippen LogP contribution in [0.3, 0.4) is 0 Å². The fourth-order valence-corrected chi connectivity index (χ4v) is 1.85. The number of benzene rings is 1. The molecular weight excluding hydrogens is 304 g/mol. The van der Waals surface area contributed by atoms with Gasteiger partial charge in [-0.15, -0.1) is 11.6 Å². The summed E-state index contributed by atoms with van der Waals surface area (Å²) in [6.45, 7) is 4.35. The number of hydrogen-bond acceptors (Lipinski definition) is 3. The van der Waals surface area contributed by atoms with Crippen molar-refractivity contribution in [1.29, 1.82) is 0 Å². The molecule has 0 aliphatic carbocycles. The van der Waals surface area contributed by atoms with Crippen LogP contribution < -0.4 is 15.4 Å². The second-order valence-corrected chi connectivity index (χ2v) is 5.59. The maximum absolute atomic E-state index is 11.6. The molecule has 0 fully saturated rings. The maximum Gasteiger partial charge on any atom is 0.258 e. The molecule has 0 bridgehead atoms. The molecule has 0 saturated heterocycles. The van der Waals surface area contributed by atoms with Gasteiger partial charge >= 0.3 is 0 Å². The first kappa shape index (κ1) is 18.3. The number of hydrogen-bond donors (Lipinski definition) is 2. The summed E-state index contributed by atoms with van der Waals surface area (Å²) >= 11 is 5.60. The zero-order valence-electron chi connectivity index (χ0n) is 13.0. The first-order chi connectivity index (χ1) is 10.5. The van der Waals surface area contributed by atoms with Gasteiger partial charge in [0.1, 0.15) is 11.1 Å². The Balaban J connectivity index is 2.18. The van der Waals surface area contributed by atoms with Gasteiger partial charge in [-0.3, -0.25) is 9.59 Å². The van der Waals surface area contributed by atoms with Crippen molar-refractivity contribution in [2.45, 2.75) is 32.1 Å². The van der Waals surface area contributed by atoms with Gasteiger partial charge in [0.2, 0.25) is 5.91 Å². The Morgan fingerprint density at radius 3 is 2.41 bits per heavy atom.